The molecule has 0 saturated heterocycles. The first kappa shape index (κ1) is 7.75. The Kier molecular flexibility index (Phi) is 3.20. The van der Waals surface area contributed by atoms with E-state index in [0.717, 1.165) is 6.08 Å². The number of carboxylic acids is 1. The van der Waals surface area contributed by atoms with Crippen LogP contribution in [0.3, 0.4) is 0 Å². The molecule has 0 aromatic rings. The predicted molar refractivity (Wildman–Crippen MR) is 34.7 cm³/mol. The van der Waals surface area contributed by atoms with E-state index in [-0.39, 0.29) is 0 Å². The van der Waals surface area contributed by atoms with Gasteiger partial charge < -0.3 is 10.8 Å². The molecule has 3 N–H and O–H groups in total. The van der Waals surface area contributed by atoms with Gasteiger partial charge in [0.15, 0.2) is 0 Å². The van der Waals surface area contributed by atoms with Crippen molar-refractivity contribution in [2.24, 2.45) is 5.73 Å². The Labute approximate surface area is 53.5 Å². The monoisotopic (exact) mass is 127 g/mol. The van der Waals surface area contributed by atoms with E-state index in [1.807, 2.05) is 0 Å². The third kappa shape index (κ3) is 6.75. The van der Waals surface area contributed by atoms with Gasteiger partial charge in [-0.3, -0.25) is 0 Å². The van der Waals surface area contributed by atoms with E-state index in [1.54, 1.807) is 6.92 Å². The number of hydrogen-bond acceptors (Lipinski definition) is 2. The molecule has 0 radical (unpaired) electrons. The summed E-state index contributed by atoms with van der Waals surface area (Å²) in [5.74, 6) is -0.965. The van der Waals surface area contributed by atoms with Crippen molar-refractivity contribution < 1.29 is 9.90 Å². The topological polar surface area (TPSA) is 63.3 Å². The van der Waals surface area contributed by atoms with Crippen LogP contribution < -0.4 is 5.73 Å². The van der Waals surface area contributed by atoms with Crippen molar-refractivity contribution in [3.05, 3.63) is 23.9 Å². The molecular formula is C6H9NO2. The highest BCUT2D eigenvalue weighted by molar-refractivity contribution is 5.80. The van der Waals surface area contributed by atoms with Crippen LogP contribution in [0, 0.1) is 0 Å². The SMILES string of the molecule is CC(N)=CC=CC(=O)O. The lowest BCUT2D eigenvalue weighted by Crippen LogP contribution is -1.89. The summed E-state index contributed by atoms with van der Waals surface area (Å²) < 4.78 is 0. The second-order valence-electron chi connectivity index (χ2n) is 1.61. The number of rotatable bonds is 2. The maximum absolute atomic E-state index is 9.82. The Hall–Kier alpha value is -1.25. The summed E-state index contributed by atoms with van der Waals surface area (Å²) in [6.45, 7) is 1.69. The predicted octanol–water partition coefficient (Wildman–Crippen LogP) is 0.490. The second-order valence-corrected chi connectivity index (χ2v) is 1.61. The zero-order valence-electron chi connectivity index (χ0n) is 5.16. The van der Waals surface area contributed by atoms with Crippen molar-refractivity contribution in [3.8, 4) is 0 Å². The molecule has 0 aliphatic carbocycles. The van der Waals surface area contributed by atoms with Crippen LogP contribution in [0.25, 0.3) is 0 Å². The van der Waals surface area contributed by atoms with Gasteiger partial charge in [-0.2, -0.15) is 0 Å². The van der Waals surface area contributed by atoms with E-state index in [4.69, 9.17) is 10.8 Å². The van der Waals surface area contributed by atoms with Crippen LogP contribution >= 0.6 is 0 Å². The Bertz CT molecular complexity index is 154. The Balaban J connectivity index is 3.74. The van der Waals surface area contributed by atoms with E-state index < -0.39 is 5.97 Å². The van der Waals surface area contributed by atoms with Crippen molar-refractivity contribution in [2.75, 3.05) is 0 Å². The van der Waals surface area contributed by atoms with Crippen LogP contribution in [0.1, 0.15) is 6.92 Å². The molecule has 50 valence electrons. The van der Waals surface area contributed by atoms with Crippen LogP contribution in [0.2, 0.25) is 0 Å². The van der Waals surface area contributed by atoms with Crippen molar-refractivity contribution >= 4 is 5.97 Å². The summed E-state index contributed by atoms with van der Waals surface area (Å²) in [6.07, 6.45) is 3.93. The van der Waals surface area contributed by atoms with Gasteiger partial charge >= 0.3 is 5.97 Å². The van der Waals surface area contributed by atoms with Gasteiger partial charge in [-0.15, -0.1) is 0 Å². The van der Waals surface area contributed by atoms with Crippen molar-refractivity contribution in [1.29, 1.82) is 0 Å². The molecule has 0 aliphatic rings. The highest BCUT2D eigenvalue weighted by Crippen LogP contribution is 1.80. The van der Waals surface area contributed by atoms with E-state index in [0.29, 0.717) is 5.70 Å². The highest BCUT2D eigenvalue weighted by atomic mass is 16.4. The maximum Gasteiger partial charge on any atom is 0.328 e. The summed E-state index contributed by atoms with van der Waals surface area (Å²) in [6, 6.07) is 0. The number of aliphatic carboxylic acids is 1. The summed E-state index contributed by atoms with van der Waals surface area (Å²) in [4.78, 5) is 9.82. The molecule has 0 spiro atoms. The molecule has 3 heteroatoms. The maximum atomic E-state index is 9.82. The number of hydrogen-bond donors (Lipinski definition) is 2. The molecule has 0 bridgehead atoms. The minimum Gasteiger partial charge on any atom is -0.478 e. The van der Waals surface area contributed by atoms with Gasteiger partial charge in [0, 0.05) is 11.8 Å². The van der Waals surface area contributed by atoms with E-state index in [1.165, 1.54) is 12.2 Å². The molecule has 0 saturated carbocycles. The van der Waals surface area contributed by atoms with E-state index >= 15 is 0 Å². The molecule has 0 heterocycles. The zero-order valence-corrected chi connectivity index (χ0v) is 5.16. The molecule has 9 heavy (non-hydrogen) atoms. The minimum absolute atomic E-state index is 0.590. The Morgan fingerprint density at radius 1 is 1.67 bits per heavy atom. The molecule has 0 unspecified atom stereocenters. The summed E-state index contributed by atoms with van der Waals surface area (Å²) >= 11 is 0. The number of allylic oxidation sites excluding steroid dienone is 3. The van der Waals surface area contributed by atoms with E-state index in [9.17, 15) is 4.79 Å². The number of nitrogens with two attached hydrogens (primary N) is 1. The molecule has 0 fully saturated rings. The number of carbonyl (C=O) groups is 1. The van der Waals surface area contributed by atoms with Gasteiger partial charge in [-0.05, 0) is 13.0 Å². The first-order chi connectivity index (χ1) is 4.13. The fraction of sp³-hybridized carbons (Fsp3) is 0.167. The molecule has 0 rings (SSSR count). The lowest BCUT2D eigenvalue weighted by Gasteiger charge is -1.81. The molecule has 0 aliphatic heterocycles. The zero-order chi connectivity index (χ0) is 7.28. The first-order valence-electron chi connectivity index (χ1n) is 2.46. The van der Waals surface area contributed by atoms with Crippen molar-refractivity contribution in [1.82, 2.24) is 0 Å². The number of carboxylic acid groups (broad SMARTS) is 1. The van der Waals surface area contributed by atoms with Crippen LogP contribution in [0.15, 0.2) is 23.9 Å². The van der Waals surface area contributed by atoms with E-state index in [2.05, 4.69) is 0 Å². The highest BCUT2D eigenvalue weighted by Gasteiger charge is 1.80. The lowest BCUT2D eigenvalue weighted by molar-refractivity contribution is -0.131. The van der Waals surface area contributed by atoms with Crippen molar-refractivity contribution in [2.45, 2.75) is 6.92 Å². The van der Waals surface area contributed by atoms with Gasteiger partial charge in [0.2, 0.25) is 0 Å². The lowest BCUT2D eigenvalue weighted by atomic mass is 10.4. The van der Waals surface area contributed by atoms with Crippen molar-refractivity contribution in [3.63, 3.8) is 0 Å². The largest absolute Gasteiger partial charge is 0.478 e. The fourth-order valence-corrected chi connectivity index (χ4v) is 0.282. The standard InChI is InChI=1S/C6H9NO2/c1-5(7)3-2-4-6(8)9/h2-4H,7H2,1H3,(H,8,9). The quantitative estimate of drug-likeness (QED) is 0.419. The van der Waals surface area contributed by atoms with Crippen LogP contribution in [-0.2, 0) is 4.79 Å². The summed E-state index contributed by atoms with van der Waals surface area (Å²) in [5, 5.41) is 8.07. The van der Waals surface area contributed by atoms with Gasteiger partial charge in [0.25, 0.3) is 0 Å². The average molecular weight is 127 g/mol. The summed E-state index contributed by atoms with van der Waals surface area (Å²) in [5.41, 5.74) is 5.79. The normalized spacial score (nSPS) is 12.3. The van der Waals surface area contributed by atoms with Crippen LogP contribution in [0.5, 0.6) is 0 Å². The van der Waals surface area contributed by atoms with Crippen LogP contribution in [0.4, 0.5) is 0 Å². The smallest absolute Gasteiger partial charge is 0.328 e. The van der Waals surface area contributed by atoms with Gasteiger partial charge in [0.1, 0.15) is 0 Å². The van der Waals surface area contributed by atoms with Crippen LogP contribution in [-0.4, -0.2) is 11.1 Å². The molecular weight excluding hydrogens is 118 g/mol. The van der Waals surface area contributed by atoms with Gasteiger partial charge in [-0.1, -0.05) is 6.08 Å². The first-order valence-corrected chi connectivity index (χ1v) is 2.46. The minimum atomic E-state index is -0.965. The second kappa shape index (κ2) is 3.72. The third-order valence-electron chi connectivity index (χ3n) is 0.598. The third-order valence-corrected chi connectivity index (χ3v) is 0.598. The molecule has 3 nitrogen and oxygen atoms in total. The molecule has 0 amide bonds. The van der Waals surface area contributed by atoms with Gasteiger partial charge in [-0.25, -0.2) is 4.79 Å². The Morgan fingerprint density at radius 2 is 2.22 bits per heavy atom. The fourth-order valence-electron chi connectivity index (χ4n) is 0.282. The molecule has 0 atom stereocenters. The Morgan fingerprint density at radius 3 is 2.56 bits per heavy atom. The molecule has 0 aromatic carbocycles. The molecule has 0 aromatic heterocycles. The average Bonchev–Trinajstić information content (AvgIpc) is 1.63. The van der Waals surface area contributed by atoms with Gasteiger partial charge in [0.05, 0.1) is 0 Å². The summed E-state index contributed by atoms with van der Waals surface area (Å²) in [7, 11) is 0.